The van der Waals surface area contributed by atoms with E-state index in [1.807, 2.05) is 34.6 Å². The molecule has 0 aliphatic carbocycles. The standard InChI is InChI=1S/C13H28N2O3/c1-6-11(12(15)9(4)5)18-13(16)17-7-10(14)8(2)3/h8-12H,6-7,14-15H2,1-5H3. The van der Waals surface area contributed by atoms with Gasteiger partial charge in [0.2, 0.25) is 0 Å². The zero-order valence-electron chi connectivity index (χ0n) is 12.2. The fourth-order valence-electron chi connectivity index (χ4n) is 1.38. The molecule has 5 nitrogen and oxygen atoms in total. The molecule has 0 aliphatic heterocycles. The van der Waals surface area contributed by atoms with E-state index in [1.54, 1.807) is 0 Å². The molecule has 0 aromatic rings. The molecule has 18 heavy (non-hydrogen) atoms. The SMILES string of the molecule is CCC(OC(=O)OCC(N)C(C)C)C(N)C(C)C. The van der Waals surface area contributed by atoms with E-state index in [0.717, 1.165) is 0 Å². The van der Waals surface area contributed by atoms with Gasteiger partial charge in [-0.05, 0) is 18.3 Å². The van der Waals surface area contributed by atoms with Gasteiger partial charge in [0, 0.05) is 12.1 Å². The van der Waals surface area contributed by atoms with Crippen molar-refractivity contribution in [2.24, 2.45) is 23.3 Å². The van der Waals surface area contributed by atoms with E-state index in [-0.39, 0.29) is 36.6 Å². The van der Waals surface area contributed by atoms with Crippen LogP contribution in [0.2, 0.25) is 0 Å². The molecule has 0 fully saturated rings. The second-order valence-corrected chi connectivity index (χ2v) is 5.35. The summed E-state index contributed by atoms with van der Waals surface area (Å²) in [7, 11) is 0. The highest BCUT2D eigenvalue weighted by molar-refractivity contribution is 5.60. The van der Waals surface area contributed by atoms with E-state index >= 15 is 0 Å². The lowest BCUT2D eigenvalue weighted by molar-refractivity contribution is 0.00399. The molecule has 0 rings (SSSR count). The Hall–Kier alpha value is -0.810. The fourth-order valence-corrected chi connectivity index (χ4v) is 1.38. The number of carbonyl (C=O) groups excluding carboxylic acids is 1. The summed E-state index contributed by atoms with van der Waals surface area (Å²) in [5.41, 5.74) is 11.7. The van der Waals surface area contributed by atoms with Crippen molar-refractivity contribution in [1.82, 2.24) is 0 Å². The lowest BCUT2D eigenvalue weighted by atomic mass is 9.98. The highest BCUT2D eigenvalue weighted by Crippen LogP contribution is 2.12. The quantitative estimate of drug-likeness (QED) is 0.682. The van der Waals surface area contributed by atoms with Gasteiger partial charge in [-0.25, -0.2) is 4.79 Å². The van der Waals surface area contributed by atoms with Crippen LogP contribution in [0.5, 0.6) is 0 Å². The minimum Gasteiger partial charge on any atom is -0.433 e. The van der Waals surface area contributed by atoms with Gasteiger partial charge < -0.3 is 20.9 Å². The number of nitrogens with two attached hydrogens (primary N) is 2. The van der Waals surface area contributed by atoms with Gasteiger partial charge in [-0.15, -0.1) is 0 Å². The predicted molar refractivity (Wildman–Crippen MR) is 72.1 cm³/mol. The Bertz CT molecular complexity index is 244. The van der Waals surface area contributed by atoms with Gasteiger partial charge >= 0.3 is 6.16 Å². The van der Waals surface area contributed by atoms with Gasteiger partial charge in [-0.1, -0.05) is 34.6 Å². The maximum atomic E-state index is 11.5. The van der Waals surface area contributed by atoms with Gasteiger partial charge in [0.25, 0.3) is 0 Å². The summed E-state index contributed by atoms with van der Waals surface area (Å²) in [5, 5.41) is 0. The molecule has 0 spiro atoms. The molecule has 0 aliphatic rings. The van der Waals surface area contributed by atoms with Crippen molar-refractivity contribution in [1.29, 1.82) is 0 Å². The van der Waals surface area contributed by atoms with Crippen LogP contribution in [-0.2, 0) is 9.47 Å². The van der Waals surface area contributed by atoms with Crippen LogP contribution in [0.3, 0.4) is 0 Å². The Morgan fingerprint density at radius 3 is 2.06 bits per heavy atom. The molecular formula is C13H28N2O3. The van der Waals surface area contributed by atoms with E-state index in [0.29, 0.717) is 6.42 Å². The lowest BCUT2D eigenvalue weighted by Crippen LogP contribution is -2.42. The van der Waals surface area contributed by atoms with E-state index in [1.165, 1.54) is 0 Å². The topological polar surface area (TPSA) is 87.6 Å². The van der Waals surface area contributed by atoms with Gasteiger partial charge in [0.1, 0.15) is 12.7 Å². The molecular weight excluding hydrogens is 232 g/mol. The second kappa shape index (κ2) is 8.32. The predicted octanol–water partition coefficient (Wildman–Crippen LogP) is 1.88. The molecule has 3 unspecified atom stereocenters. The Morgan fingerprint density at radius 1 is 1.11 bits per heavy atom. The van der Waals surface area contributed by atoms with Crippen LogP contribution in [0.1, 0.15) is 41.0 Å². The van der Waals surface area contributed by atoms with Crippen molar-refractivity contribution in [2.75, 3.05) is 6.61 Å². The first-order chi connectivity index (χ1) is 8.29. The molecule has 0 aromatic carbocycles. The Labute approximate surface area is 110 Å². The monoisotopic (exact) mass is 260 g/mol. The molecule has 0 aromatic heterocycles. The smallest absolute Gasteiger partial charge is 0.433 e. The zero-order valence-corrected chi connectivity index (χ0v) is 12.2. The van der Waals surface area contributed by atoms with Crippen LogP contribution >= 0.6 is 0 Å². The van der Waals surface area contributed by atoms with Crippen LogP contribution in [-0.4, -0.2) is 30.9 Å². The third kappa shape index (κ3) is 6.21. The molecule has 0 amide bonds. The van der Waals surface area contributed by atoms with Crippen LogP contribution in [0.25, 0.3) is 0 Å². The van der Waals surface area contributed by atoms with Crippen LogP contribution in [0.4, 0.5) is 4.79 Å². The number of rotatable bonds is 7. The van der Waals surface area contributed by atoms with Crippen molar-refractivity contribution in [3.05, 3.63) is 0 Å². The maximum absolute atomic E-state index is 11.5. The summed E-state index contributed by atoms with van der Waals surface area (Å²) < 4.78 is 10.2. The van der Waals surface area contributed by atoms with E-state index in [4.69, 9.17) is 20.9 Å². The van der Waals surface area contributed by atoms with Gasteiger partial charge in [0.15, 0.2) is 0 Å². The van der Waals surface area contributed by atoms with Crippen LogP contribution in [0, 0.1) is 11.8 Å². The Kier molecular flexibility index (Phi) is 7.95. The fraction of sp³-hybridized carbons (Fsp3) is 0.923. The third-order valence-electron chi connectivity index (χ3n) is 3.10. The summed E-state index contributed by atoms with van der Waals surface area (Å²) in [5.74, 6) is 0.512. The number of hydrogen-bond donors (Lipinski definition) is 2. The van der Waals surface area contributed by atoms with Crippen molar-refractivity contribution in [2.45, 2.75) is 59.2 Å². The average Bonchev–Trinajstić information content (AvgIpc) is 2.31. The molecule has 0 bridgehead atoms. The van der Waals surface area contributed by atoms with E-state index < -0.39 is 6.16 Å². The van der Waals surface area contributed by atoms with E-state index in [2.05, 4.69) is 0 Å². The average molecular weight is 260 g/mol. The first-order valence-corrected chi connectivity index (χ1v) is 6.64. The summed E-state index contributed by atoms with van der Waals surface area (Å²) >= 11 is 0. The molecule has 3 atom stereocenters. The highest BCUT2D eigenvalue weighted by atomic mass is 16.7. The number of ether oxygens (including phenoxy) is 2. The molecule has 4 N–H and O–H groups in total. The maximum Gasteiger partial charge on any atom is 0.508 e. The Morgan fingerprint density at radius 2 is 1.67 bits per heavy atom. The van der Waals surface area contributed by atoms with Gasteiger partial charge in [0.05, 0.1) is 0 Å². The normalized spacial score (nSPS) is 16.5. The number of carbonyl (C=O) groups is 1. The molecule has 5 heteroatoms. The minimum atomic E-state index is -0.686. The first-order valence-electron chi connectivity index (χ1n) is 6.64. The van der Waals surface area contributed by atoms with Gasteiger partial charge in [-0.3, -0.25) is 0 Å². The third-order valence-corrected chi connectivity index (χ3v) is 3.10. The zero-order chi connectivity index (χ0) is 14.3. The Balaban J connectivity index is 4.12. The summed E-state index contributed by atoms with van der Waals surface area (Å²) in [6.07, 6.45) is -0.327. The first kappa shape index (κ1) is 17.2. The summed E-state index contributed by atoms with van der Waals surface area (Å²) in [6, 6.07) is -0.349. The van der Waals surface area contributed by atoms with Crippen molar-refractivity contribution in [3.63, 3.8) is 0 Å². The second-order valence-electron chi connectivity index (χ2n) is 5.35. The molecule has 0 saturated carbocycles. The van der Waals surface area contributed by atoms with Crippen LogP contribution in [0.15, 0.2) is 0 Å². The molecule has 0 saturated heterocycles. The number of hydrogen-bond acceptors (Lipinski definition) is 5. The van der Waals surface area contributed by atoms with E-state index in [9.17, 15) is 4.79 Å². The van der Waals surface area contributed by atoms with Crippen molar-refractivity contribution in [3.8, 4) is 0 Å². The van der Waals surface area contributed by atoms with Crippen molar-refractivity contribution < 1.29 is 14.3 Å². The summed E-state index contributed by atoms with van der Waals surface area (Å²) in [6.45, 7) is 10.0. The van der Waals surface area contributed by atoms with Gasteiger partial charge in [-0.2, -0.15) is 0 Å². The lowest BCUT2D eigenvalue weighted by Gasteiger charge is -2.25. The minimum absolute atomic E-state index is 0.170. The van der Waals surface area contributed by atoms with Crippen LogP contribution < -0.4 is 11.5 Å². The van der Waals surface area contributed by atoms with Crippen molar-refractivity contribution >= 4 is 6.16 Å². The largest absolute Gasteiger partial charge is 0.508 e. The highest BCUT2D eigenvalue weighted by Gasteiger charge is 2.24. The molecule has 108 valence electrons. The molecule has 0 heterocycles. The molecule has 0 radical (unpaired) electrons. The summed E-state index contributed by atoms with van der Waals surface area (Å²) in [4.78, 5) is 11.5.